The zero-order valence-electron chi connectivity index (χ0n) is 14.7. The molecular weight excluding hydrogens is 354 g/mol. The highest BCUT2D eigenvalue weighted by Gasteiger charge is 2.51. The molecule has 1 aromatic carbocycles. The molecular formula is C18H21N3O4S. The summed E-state index contributed by atoms with van der Waals surface area (Å²) >= 11 is 0. The maximum atomic E-state index is 12.7. The van der Waals surface area contributed by atoms with Gasteiger partial charge in [0.05, 0.1) is 12.3 Å². The molecule has 0 radical (unpaired) electrons. The van der Waals surface area contributed by atoms with Crippen molar-refractivity contribution >= 4 is 15.9 Å². The Hall–Kier alpha value is -2.19. The molecule has 3 heterocycles. The average Bonchev–Trinajstić information content (AvgIpc) is 3.27. The molecule has 0 aliphatic carbocycles. The van der Waals surface area contributed by atoms with Crippen LogP contribution in [0.25, 0.3) is 0 Å². The van der Waals surface area contributed by atoms with E-state index in [1.54, 1.807) is 22.2 Å². The summed E-state index contributed by atoms with van der Waals surface area (Å²) in [7, 11) is -3.33. The number of fused-ring (bicyclic) bond motifs is 1. The van der Waals surface area contributed by atoms with Gasteiger partial charge in [0.15, 0.2) is 5.69 Å². The maximum Gasteiger partial charge on any atom is 0.276 e. The van der Waals surface area contributed by atoms with Gasteiger partial charge in [0.1, 0.15) is 5.76 Å². The Kier molecular flexibility index (Phi) is 4.11. The highest BCUT2D eigenvalue weighted by atomic mass is 32.2. The van der Waals surface area contributed by atoms with Gasteiger partial charge in [-0.3, -0.25) is 4.79 Å². The van der Waals surface area contributed by atoms with Crippen molar-refractivity contribution < 1.29 is 17.7 Å². The van der Waals surface area contributed by atoms with Crippen LogP contribution in [0.15, 0.2) is 40.9 Å². The molecule has 2 fully saturated rings. The van der Waals surface area contributed by atoms with Crippen LogP contribution in [0.4, 0.5) is 0 Å². The van der Waals surface area contributed by atoms with Crippen molar-refractivity contribution in [2.75, 3.05) is 25.9 Å². The minimum absolute atomic E-state index is 0.0732. The van der Waals surface area contributed by atoms with Gasteiger partial charge in [-0.15, -0.1) is 0 Å². The van der Waals surface area contributed by atoms with Crippen LogP contribution in [0.5, 0.6) is 0 Å². The summed E-state index contributed by atoms with van der Waals surface area (Å²) in [6.45, 7) is 3.23. The molecule has 0 unspecified atom stereocenters. The van der Waals surface area contributed by atoms with Crippen molar-refractivity contribution in [3.8, 4) is 0 Å². The molecule has 138 valence electrons. The number of rotatable bonds is 3. The lowest BCUT2D eigenvalue weighted by Crippen LogP contribution is -2.37. The number of likely N-dealkylation sites (tertiary alicyclic amines) is 1. The molecule has 0 N–H and O–H groups in total. The van der Waals surface area contributed by atoms with E-state index in [1.807, 2.05) is 30.3 Å². The number of amides is 1. The molecule has 26 heavy (non-hydrogen) atoms. The van der Waals surface area contributed by atoms with Gasteiger partial charge in [0.25, 0.3) is 5.91 Å². The smallest absolute Gasteiger partial charge is 0.276 e. The Bertz CT molecular complexity index is 925. The molecule has 2 aliphatic rings. The minimum Gasteiger partial charge on any atom is -0.361 e. The molecule has 2 aromatic rings. The second-order valence-electron chi connectivity index (χ2n) is 7.15. The Labute approximate surface area is 152 Å². The van der Waals surface area contributed by atoms with Gasteiger partial charge in [0.2, 0.25) is 10.0 Å². The first-order valence-corrected chi connectivity index (χ1v) is 10.4. The quantitative estimate of drug-likeness (QED) is 0.815. The summed E-state index contributed by atoms with van der Waals surface area (Å²) < 4.78 is 31.2. The minimum atomic E-state index is -3.33. The van der Waals surface area contributed by atoms with Crippen LogP contribution in [-0.4, -0.2) is 54.6 Å². The number of hydrogen-bond donors (Lipinski definition) is 0. The highest BCUT2D eigenvalue weighted by molar-refractivity contribution is 7.88. The van der Waals surface area contributed by atoms with Gasteiger partial charge < -0.3 is 9.42 Å². The van der Waals surface area contributed by atoms with Crippen LogP contribution in [0.2, 0.25) is 0 Å². The number of benzene rings is 1. The van der Waals surface area contributed by atoms with E-state index in [1.165, 1.54) is 6.26 Å². The van der Waals surface area contributed by atoms with E-state index in [9.17, 15) is 13.2 Å². The van der Waals surface area contributed by atoms with Crippen LogP contribution in [-0.2, 0) is 10.0 Å². The summed E-state index contributed by atoms with van der Waals surface area (Å²) in [6, 6.07) is 11.0. The van der Waals surface area contributed by atoms with Gasteiger partial charge in [-0.25, -0.2) is 8.42 Å². The number of aromatic nitrogens is 1. The third-order valence-corrected chi connectivity index (χ3v) is 6.55. The number of carbonyl (C=O) groups excluding carboxylic acids is 1. The van der Waals surface area contributed by atoms with E-state index in [2.05, 4.69) is 5.16 Å². The van der Waals surface area contributed by atoms with E-state index in [-0.39, 0.29) is 23.8 Å². The van der Waals surface area contributed by atoms with Gasteiger partial charge in [-0.2, -0.15) is 4.31 Å². The van der Waals surface area contributed by atoms with Crippen LogP contribution in [0, 0.1) is 18.8 Å². The van der Waals surface area contributed by atoms with Crippen molar-refractivity contribution in [1.82, 2.24) is 14.4 Å². The first-order chi connectivity index (χ1) is 12.3. The normalized spacial score (nSPS) is 26.2. The zero-order valence-corrected chi connectivity index (χ0v) is 15.5. The molecule has 0 bridgehead atoms. The second-order valence-corrected chi connectivity index (χ2v) is 9.08. The lowest BCUT2D eigenvalue weighted by molar-refractivity contribution is 0.0763. The van der Waals surface area contributed by atoms with Crippen molar-refractivity contribution in [2.45, 2.75) is 13.0 Å². The lowest BCUT2D eigenvalue weighted by Gasteiger charge is -2.28. The number of nitrogens with zero attached hydrogens (tertiary/aromatic N) is 3. The predicted octanol–water partition coefficient (Wildman–Crippen LogP) is 1.69. The summed E-state index contributed by atoms with van der Waals surface area (Å²) in [5.74, 6) is 0.628. The summed E-state index contributed by atoms with van der Waals surface area (Å²) in [5.41, 5.74) is 1.27. The van der Waals surface area contributed by atoms with Crippen molar-refractivity contribution in [1.29, 1.82) is 0 Å². The van der Waals surface area contributed by atoms with E-state index >= 15 is 0 Å². The van der Waals surface area contributed by atoms with Crippen molar-refractivity contribution in [2.24, 2.45) is 11.8 Å². The van der Waals surface area contributed by atoms with Crippen LogP contribution in [0.1, 0.15) is 27.9 Å². The van der Waals surface area contributed by atoms with E-state index in [0.29, 0.717) is 31.1 Å². The van der Waals surface area contributed by atoms with Crippen molar-refractivity contribution in [3.63, 3.8) is 0 Å². The first kappa shape index (κ1) is 17.2. The van der Waals surface area contributed by atoms with Gasteiger partial charge in [0, 0.05) is 31.6 Å². The van der Waals surface area contributed by atoms with Crippen molar-refractivity contribution in [3.05, 3.63) is 53.4 Å². The lowest BCUT2D eigenvalue weighted by atomic mass is 9.90. The third kappa shape index (κ3) is 2.93. The summed E-state index contributed by atoms with van der Waals surface area (Å²) in [5, 5.41) is 3.81. The molecule has 1 aromatic heterocycles. The Morgan fingerprint density at radius 3 is 2.54 bits per heavy atom. The van der Waals surface area contributed by atoms with Gasteiger partial charge >= 0.3 is 0 Å². The summed E-state index contributed by atoms with van der Waals surface area (Å²) in [4.78, 5) is 14.5. The van der Waals surface area contributed by atoms with Crippen LogP contribution < -0.4 is 0 Å². The predicted molar refractivity (Wildman–Crippen MR) is 94.9 cm³/mol. The van der Waals surface area contributed by atoms with E-state index < -0.39 is 10.0 Å². The molecule has 2 aliphatic heterocycles. The molecule has 0 spiro atoms. The average molecular weight is 375 g/mol. The molecule has 2 saturated heterocycles. The molecule has 1 amide bonds. The highest BCUT2D eigenvalue weighted by Crippen LogP contribution is 2.46. The zero-order chi connectivity index (χ0) is 18.5. The van der Waals surface area contributed by atoms with Gasteiger partial charge in [-0.05, 0) is 18.4 Å². The van der Waals surface area contributed by atoms with Crippen LogP contribution in [0.3, 0.4) is 0 Å². The van der Waals surface area contributed by atoms with E-state index in [0.717, 1.165) is 5.56 Å². The van der Waals surface area contributed by atoms with Gasteiger partial charge in [-0.1, -0.05) is 35.5 Å². The Balaban J connectivity index is 1.62. The largest absolute Gasteiger partial charge is 0.361 e. The number of carbonyl (C=O) groups is 1. The molecule has 7 nitrogen and oxygen atoms in total. The van der Waals surface area contributed by atoms with E-state index in [4.69, 9.17) is 4.52 Å². The standard InChI is InChI=1S/C18H21N3O4S/c1-12-8-16(19-25-12)18(22)20-9-14-10-21(26(2,23)24)17(15(14)11-20)13-6-4-3-5-7-13/h3-8,14-15,17H,9-11H2,1-2H3/t14-,15-,17+/m1/s1. The number of sulfonamides is 1. The first-order valence-electron chi connectivity index (χ1n) is 8.59. The second kappa shape index (κ2) is 6.21. The number of hydrogen-bond acceptors (Lipinski definition) is 5. The SMILES string of the molecule is Cc1cc(C(=O)N2C[C@@H]3CN(S(C)(=O)=O)[C@@H](c4ccccc4)[C@@H]3C2)no1. The maximum absolute atomic E-state index is 12.7. The fraction of sp³-hybridized carbons (Fsp3) is 0.444. The fourth-order valence-corrected chi connectivity index (χ4v) is 5.36. The fourth-order valence-electron chi connectivity index (χ4n) is 4.21. The number of aryl methyl sites for hydroxylation is 1. The molecule has 3 atom stereocenters. The molecule has 0 saturated carbocycles. The summed E-state index contributed by atoms with van der Waals surface area (Å²) in [6.07, 6.45) is 1.26. The van der Waals surface area contributed by atoms with Crippen LogP contribution >= 0.6 is 0 Å². The topological polar surface area (TPSA) is 83.7 Å². The Morgan fingerprint density at radius 1 is 1.19 bits per heavy atom. The monoisotopic (exact) mass is 375 g/mol. The third-order valence-electron chi connectivity index (χ3n) is 5.32. The Morgan fingerprint density at radius 2 is 1.92 bits per heavy atom. The molecule has 8 heteroatoms. The molecule has 4 rings (SSSR count).